The standard InChI is InChI=1S/C30H32N4O3/c1-37-28-10-3-2-9-25(28)32-30(36)33-15-4-5-16-34-26(19-33)29(27(34)20-35)23-13-11-22(12-14-23)24-8-6-7-21(17-24)18-31/h2-3,6-14,17,26-27,29,35H,4-5,15-16,19-20H2,1H3,(H,32,36)/t26-,27+,29+/m1/s1. The predicted molar refractivity (Wildman–Crippen MR) is 144 cm³/mol. The zero-order valence-electron chi connectivity index (χ0n) is 21.0. The summed E-state index contributed by atoms with van der Waals surface area (Å²) in [6.07, 6.45) is 1.90. The van der Waals surface area contributed by atoms with E-state index in [1.807, 2.05) is 47.4 Å². The number of rotatable bonds is 5. The first kappa shape index (κ1) is 24.8. The lowest BCUT2D eigenvalue weighted by molar-refractivity contribution is -0.0585. The largest absolute Gasteiger partial charge is 0.495 e. The normalized spacial score (nSPS) is 21.5. The molecule has 2 amide bonds. The number of carbonyl (C=O) groups excluding carboxylic acids is 1. The highest BCUT2D eigenvalue weighted by atomic mass is 16.5. The number of anilines is 1. The van der Waals surface area contributed by atoms with Gasteiger partial charge in [-0.15, -0.1) is 0 Å². The predicted octanol–water partition coefficient (Wildman–Crippen LogP) is 4.69. The first-order chi connectivity index (χ1) is 18.1. The number of nitriles is 1. The third-order valence-corrected chi connectivity index (χ3v) is 7.63. The van der Waals surface area contributed by atoms with Crippen LogP contribution in [0.3, 0.4) is 0 Å². The van der Waals surface area contributed by atoms with Crippen LogP contribution >= 0.6 is 0 Å². The van der Waals surface area contributed by atoms with E-state index in [0.717, 1.165) is 36.1 Å². The molecule has 37 heavy (non-hydrogen) atoms. The van der Waals surface area contributed by atoms with Crippen LogP contribution in [0.2, 0.25) is 0 Å². The number of hydrogen-bond acceptors (Lipinski definition) is 5. The van der Waals surface area contributed by atoms with Crippen molar-refractivity contribution in [1.29, 1.82) is 5.26 Å². The van der Waals surface area contributed by atoms with E-state index in [2.05, 4.69) is 40.6 Å². The number of hydrogen-bond donors (Lipinski definition) is 2. The minimum absolute atomic E-state index is 0.0370. The Balaban J connectivity index is 1.35. The zero-order valence-corrected chi connectivity index (χ0v) is 21.0. The Hall–Kier alpha value is -3.86. The summed E-state index contributed by atoms with van der Waals surface area (Å²) >= 11 is 0. The number of urea groups is 1. The highest BCUT2D eigenvalue weighted by Crippen LogP contribution is 2.42. The van der Waals surface area contributed by atoms with Crippen molar-refractivity contribution in [2.24, 2.45) is 0 Å². The molecule has 0 aliphatic carbocycles. The summed E-state index contributed by atoms with van der Waals surface area (Å²) < 4.78 is 5.40. The van der Waals surface area contributed by atoms with Crippen molar-refractivity contribution in [2.75, 3.05) is 38.7 Å². The summed E-state index contributed by atoms with van der Waals surface area (Å²) in [5.41, 5.74) is 4.50. The first-order valence-corrected chi connectivity index (χ1v) is 12.8. The number of nitrogens with zero attached hydrogens (tertiary/aromatic N) is 3. The van der Waals surface area contributed by atoms with Gasteiger partial charge in [0.1, 0.15) is 5.75 Å². The molecule has 7 nitrogen and oxygen atoms in total. The number of benzene rings is 3. The molecule has 0 spiro atoms. The molecule has 0 unspecified atom stereocenters. The summed E-state index contributed by atoms with van der Waals surface area (Å²) in [7, 11) is 1.60. The third-order valence-electron chi connectivity index (χ3n) is 7.63. The molecular formula is C30H32N4O3. The van der Waals surface area contributed by atoms with Gasteiger partial charge in [-0.3, -0.25) is 4.90 Å². The molecule has 7 heteroatoms. The minimum atomic E-state index is -0.134. The van der Waals surface area contributed by atoms with Crippen LogP contribution in [0.25, 0.3) is 11.1 Å². The van der Waals surface area contributed by atoms with Gasteiger partial charge in [0.05, 0.1) is 31.0 Å². The molecule has 2 N–H and O–H groups in total. The average molecular weight is 497 g/mol. The number of carbonyl (C=O) groups is 1. The lowest BCUT2D eigenvalue weighted by Crippen LogP contribution is -2.68. The molecule has 2 heterocycles. The van der Waals surface area contributed by atoms with Gasteiger partial charge < -0.3 is 20.1 Å². The molecule has 0 radical (unpaired) electrons. The molecule has 2 aliphatic heterocycles. The lowest BCUT2D eigenvalue weighted by Gasteiger charge is -2.57. The van der Waals surface area contributed by atoms with Gasteiger partial charge in [0.15, 0.2) is 0 Å². The molecule has 190 valence electrons. The second-order valence-electron chi connectivity index (χ2n) is 9.68. The summed E-state index contributed by atoms with van der Waals surface area (Å²) in [6, 6.07) is 25.7. The fourth-order valence-electron chi connectivity index (χ4n) is 5.73. The summed E-state index contributed by atoms with van der Waals surface area (Å²) in [5.74, 6) is 0.760. The van der Waals surface area contributed by atoms with Gasteiger partial charge in [0.25, 0.3) is 0 Å². The fourth-order valence-corrected chi connectivity index (χ4v) is 5.73. The Morgan fingerprint density at radius 3 is 2.59 bits per heavy atom. The molecule has 3 aromatic carbocycles. The summed E-state index contributed by atoms with van der Waals surface area (Å²) in [4.78, 5) is 17.5. The van der Waals surface area contributed by atoms with Crippen LogP contribution < -0.4 is 10.1 Å². The van der Waals surface area contributed by atoms with Gasteiger partial charge in [0.2, 0.25) is 0 Å². The van der Waals surface area contributed by atoms with Crippen LogP contribution in [-0.4, -0.2) is 66.4 Å². The molecule has 0 bridgehead atoms. The third kappa shape index (κ3) is 5.04. The Bertz CT molecular complexity index is 1290. The van der Waals surface area contributed by atoms with Crippen molar-refractivity contribution in [3.63, 3.8) is 0 Å². The molecule has 5 rings (SSSR count). The summed E-state index contributed by atoms with van der Waals surface area (Å²) in [5, 5.41) is 22.5. The molecule has 2 saturated heterocycles. The van der Waals surface area contributed by atoms with Crippen molar-refractivity contribution in [2.45, 2.75) is 30.8 Å². The molecular weight excluding hydrogens is 464 g/mol. The van der Waals surface area contributed by atoms with E-state index in [1.165, 1.54) is 0 Å². The Kier molecular flexibility index (Phi) is 7.40. The molecule has 3 atom stereocenters. The molecule has 0 aromatic heterocycles. The first-order valence-electron chi connectivity index (χ1n) is 12.8. The number of nitrogens with one attached hydrogen (secondary N) is 1. The van der Waals surface area contributed by atoms with Gasteiger partial charge in [-0.1, -0.05) is 48.5 Å². The number of amides is 2. The van der Waals surface area contributed by atoms with E-state index < -0.39 is 0 Å². The van der Waals surface area contributed by atoms with E-state index in [9.17, 15) is 15.2 Å². The van der Waals surface area contributed by atoms with Crippen molar-refractivity contribution in [3.05, 3.63) is 83.9 Å². The Morgan fingerprint density at radius 1 is 1.05 bits per heavy atom. The van der Waals surface area contributed by atoms with Crippen molar-refractivity contribution in [3.8, 4) is 22.9 Å². The van der Waals surface area contributed by atoms with Gasteiger partial charge in [-0.2, -0.15) is 5.26 Å². The van der Waals surface area contributed by atoms with Crippen molar-refractivity contribution >= 4 is 11.7 Å². The average Bonchev–Trinajstić information content (AvgIpc) is 2.92. The maximum absolute atomic E-state index is 13.3. The highest BCUT2D eigenvalue weighted by molar-refractivity contribution is 5.91. The van der Waals surface area contributed by atoms with Crippen LogP contribution in [0.15, 0.2) is 72.8 Å². The molecule has 3 aromatic rings. The van der Waals surface area contributed by atoms with Gasteiger partial charge in [-0.05, 0) is 60.3 Å². The zero-order chi connectivity index (χ0) is 25.8. The Morgan fingerprint density at radius 2 is 1.84 bits per heavy atom. The fraction of sp³-hybridized carbons (Fsp3) is 0.333. The van der Waals surface area contributed by atoms with Crippen LogP contribution in [0.4, 0.5) is 10.5 Å². The van der Waals surface area contributed by atoms with Crippen molar-refractivity contribution < 1.29 is 14.6 Å². The van der Waals surface area contributed by atoms with E-state index in [-0.39, 0.29) is 30.6 Å². The van der Waals surface area contributed by atoms with Gasteiger partial charge in [-0.25, -0.2) is 4.79 Å². The number of aliphatic hydroxyl groups excluding tert-OH is 1. The van der Waals surface area contributed by atoms with Crippen LogP contribution in [0, 0.1) is 11.3 Å². The lowest BCUT2D eigenvalue weighted by atomic mass is 9.74. The molecule has 2 aliphatic rings. The Labute approximate surface area is 217 Å². The van der Waals surface area contributed by atoms with E-state index >= 15 is 0 Å². The van der Waals surface area contributed by atoms with Crippen LogP contribution in [0.5, 0.6) is 5.75 Å². The van der Waals surface area contributed by atoms with E-state index in [4.69, 9.17) is 4.74 Å². The number of aliphatic hydroxyl groups is 1. The van der Waals surface area contributed by atoms with E-state index in [1.54, 1.807) is 13.2 Å². The second kappa shape index (κ2) is 11.0. The number of methoxy groups -OCH3 is 1. The SMILES string of the molecule is COc1ccccc1NC(=O)N1CCCCN2[C@H](C1)[C@H](c1ccc(-c3cccc(C#N)c3)cc1)[C@@H]2CO. The topological polar surface area (TPSA) is 88.8 Å². The second-order valence-corrected chi connectivity index (χ2v) is 9.68. The monoisotopic (exact) mass is 496 g/mol. The number of para-hydroxylation sites is 2. The van der Waals surface area contributed by atoms with Crippen LogP contribution in [0.1, 0.15) is 29.9 Å². The maximum atomic E-state index is 13.3. The van der Waals surface area contributed by atoms with Crippen molar-refractivity contribution in [1.82, 2.24) is 9.80 Å². The van der Waals surface area contributed by atoms with E-state index in [0.29, 0.717) is 30.1 Å². The number of fused-ring (bicyclic) bond motifs is 1. The minimum Gasteiger partial charge on any atom is -0.495 e. The quantitative estimate of drug-likeness (QED) is 0.535. The maximum Gasteiger partial charge on any atom is 0.322 e. The van der Waals surface area contributed by atoms with Gasteiger partial charge in [0, 0.05) is 31.1 Å². The molecule has 2 fully saturated rings. The summed E-state index contributed by atoms with van der Waals surface area (Å²) in [6.45, 7) is 2.29. The number of ether oxygens (including phenoxy) is 1. The van der Waals surface area contributed by atoms with Crippen LogP contribution in [-0.2, 0) is 0 Å². The highest BCUT2D eigenvalue weighted by Gasteiger charge is 2.49. The smallest absolute Gasteiger partial charge is 0.322 e. The molecule has 0 saturated carbocycles. The van der Waals surface area contributed by atoms with Gasteiger partial charge >= 0.3 is 6.03 Å².